The van der Waals surface area contributed by atoms with E-state index in [0.717, 1.165) is 48.8 Å². The summed E-state index contributed by atoms with van der Waals surface area (Å²) < 4.78 is 7.56. The first-order valence-corrected chi connectivity index (χ1v) is 11.4. The van der Waals surface area contributed by atoms with Gasteiger partial charge in [0.05, 0.1) is 11.9 Å². The van der Waals surface area contributed by atoms with E-state index in [0.29, 0.717) is 25.4 Å². The van der Waals surface area contributed by atoms with E-state index in [4.69, 9.17) is 9.72 Å². The summed E-state index contributed by atoms with van der Waals surface area (Å²) in [7, 11) is 0. The van der Waals surface area contributed by atoms with E-state index in [1.54, 1.807) is 4.90 Å². The molecule has 0 radical (unpaired) electrons. The number of ether oxygens (including phenoxy) is 1. The van der Waals surface area contributed by atoms with Crippen LogP contribution in [-0.4, -0.2) is 62.4 Å². The molecule has 5 rings (SSSR count). The lowest BCUT2D eigenvalue weighted by Gasteiger charge is -2.42. The maximum absolute atomic E-state index is 12.7. The fourth-order valence-corrected chi connectivity index (χ4v) is 4.59. The second-order valence-corrected chi connectivity index (χ2v) is 9.73. The number of fused-ring (bicyclic) bond motifs is 2. The van der Waals surface area contributed by atoms with Gasteiger partial charge in [-0.3, -0.25) is 4.98 Å². The Bertz CT molecular complexity index is 1110. The minimum absolute atomic E-state index is 0.254. The normalized spacial score (nSPS) is 17.1. The van der Waals surface area contributed by atoms with Crippen LogP contribution in [0, 0.1) is 5.92 Å². The van der Waals surface area contributed by atoms with Crippen LogP contribution < -0.4 is 4.90 Å². The summed E-state index contributed by atoms with van der Waals surface area (Å²) in [6.07, 6.45) is 5.86. The van der Waals surface area contributed by atoms with Crippen molar-refractivity contribution in [1.29, 1.82) is 0 Å². The highest BCUT2D eigenvalue weighted by Crippen LogP contribution is 2.33. The van der Waals surface area contributed by atoms with Gasteiger partial charge in [-0.1, -0.05) is 6.07 Å². The average Bonchev–Trinajstić information content (AvgIpc) is 3.07. The van der Waals surface area contributed by atoms with Gasteiger partial charge in [-0.25, -0.2) is 9.78 Å². The van der Waals surface area contributed by atoms with E-state index in [2.05, 4.69) is 21.0 Å². The van der Waals surface area contributed by atoms with Gasteiger partial charge in [0, 0.05) is 56.1 Å². The SMILES string of the molecule is CC(C)(C)OC(=O)N1CCc2nc3ccnn3c(N3CC(Cc4ccccn4)C3)c2CC1. The number of pyridine rings is 1. The topological polar surface area (TPSA) is 75.9 Å². The van der Waals surface area contributed by atoms with Gasteiger partial charge in [-0.2, -0.15) is 9.61 Å². The van der Waals surface area contributed by atoms with Crippen LogP contribution in [0.1, 0.15) is 37.7 Å². The van der Waals surface area contributed by atoms with Crippen LogP contribution in [0.4, 0.5) is 10.6 Å². The molecule has 2 aliphatic rings. The fraction of sp³-hybridized carbons (Fsp3) is 0.500. The van der Waals surface area contributed by atoms with Gasteiger partial charge in [-0.05, 0) is 51.7 Å². The Morgan fingerprint density at radius 2 is 1.94 bits per heavy atom. The van der Waals surface area contributed by atoms with Crippen LogP contribution >= 0.6 is 0 Å². The van der Waals surface area contributed by atoms with Gasteiger partial charge in [-0.15, -0.1) is 0 Å². The Labute approximate surface area is 188 Å². The minimum Gasteiger partial charge on any atom is -0.444 e. The second kappa shape index (κ2) is 8.07. The molecule has 1 saturated heterocycles. The minimum atomic E-state index is -0.499. The molecule has 168 valence electrons. The Morgan fingerprint density at radius 3 is 2.69 bits per heavy atom. The Kier molecular flexibility index (Phi) is 5.23. The summed E-state index contributed by atoms with van der Waals surface area (Å²) in [5.74, 6) is 1.70. The summed E-state index contributed by atoms with van der Waals surface area (Å²) in [5.41, 5.74) is 3.76. The quantitative estimate of drug-likeness (QED) is 0.630. The second-order valence-electron chi connectivity index (χ2n) is 9.73. The number of rotatable bonds is 3. The van der Waals surface area contributed by atoms with E-state index in [9.17, 15) is 4.79 Å². The highest BCUT2D eigenvalue weighted by Gasteiger charge is 2.33. The lowest BCUT2D eigenvalue weighted by Crippen LogP contribution is -2.49. The molecule has 0 spiro atoms. The van der Waals surface area contributed by atoms with Crippen molar-refractivity contribution in [3.8, 4) is 0 Å². The van der Waals surface area contributed by atoms with E-state index < -0.39 is 5.60 Å². The van der Waals surface area contributed by atoms with Gasteiger partial charge >= 0.3 is 6.09 Å². The van der Waals surface area contributed by atoms with Crippen molar-refractivity contribution < 1.29 is 9.53 Å². The molecule has 0 aliphatic carbocycles. The van der Waals surface area contributed by atoms with Gasteiger partial charge in [0.2, 0.25) is 0 Å². The van der Waals surface area contributed by atoms with Crippen LogP contribution in [0.25, 0.3) is 5.65 Å². The Balaban J connectivity index is 1.36. The van der Waals surface area contributed by atoms with Gasteiger partial charge in [0.25, 0.3) is 0 Å². The predicted molar refractivity (Wildman–Crippen MR) is 122 cm³/mol. The van der Waals surface area contributed by atoms with Crippen molar-refractivity contribution in [3.05, 3.63) is 53.6 Å². The molecular formula is C24H30N6O2. The number of hydrogen-bond donors (Lipinski definition) is 0. The van der Waals surface area contributed by atoms with Crippen LogP contribution in [-0.2, 0) is 24.0 Å². The molecule has 3 aromatic rings. The number of hydrogen-bond acceptors (Lipinski definition) is 6. The largest absolute Gasteiger partial charge is 0.444 e. The van der Waals surface area contributed by atoms with Gasteiger partial charge < -0.3 is 14.5 Å². The van der Waals surface area contributed by atoms with Crippen LogP contribution in [0.15, 0.2) is 36.7 Å². The first-order chi connectivity index (χ1) is 15.4. The van der Waals surface area contributed by atoms with E-state index in [-0.39, 0.29) is 6.09 Å². The van der Waals surface area contributed by atoms with Crippen molar-refractivity contribution in [3.63, 3.8) is 0 Å². The molecule has 8 heteroatoms. The molecule has 0 bridgehead atoms. The van der Waals surface area contributed by atoms with E-state index in [1.807, 2.05) is 55.9 Å². The molecule has 2 aliphatic heterocycles. The van der Waals surface area contributed by atoms with Crippen LogP contribution in [0.3, 0.4) is 0 Å². The number of anilines is 1. The first kappa shape index (κ1) is 20.7. The lowest BCUT2D eigenvalue weighted by molar-refractivity contribution is 0.0258. The van der Waals surface area contributed by atoms with E-state index >= 15 is 0 Å². The Hall–Kier alpha value is -3.16. The fourth-order valence-electron chi connectivity index (χ4n) is 4.59. The standard InChI is InChI=1S/C24H30N6O2/c1-24(2,3)32-23(31)28-12-8-19-20(9-13-28)27-21-7-11-26-30(21)22(19)29-15-17(16-29)14-18-6-4-5-10-25-18/h4-7,10-11,17H,8-9,12-16H2,1-3H3. The number of amides is 1. The molecule has 5 heterocycles. The Morgan fingerprint density at radius 1 is 1.12 bits per heavy atom. The maximum atomic E-state index is 12.7. The third kappa shape index (κ3) is 4.13. The zero-order valence-corrected chi connectivity index (χ0v) is 19.0. The third-order valence-electron chi connectivity index (χ3n) is 6.07. The van der Waals surface area contributed by atoms with Crippen molar-refractivity contribution in [2.24, 2.45) is 5.92 Å². The van der Waals surface area contributed by atoms with Crippen LogP contribution in [0.5, 0.6) is 0 Å². The smallest absolute Gasteiger partial charge is 0.410 e. The highest BCUT2D eigenvalue weighted by molar-refractivity contribution is 5.69. The van der Waals surface area contributed by atoms with Crippen molar-refractivity contribution >= 4 is 17.6 Å². The molecule has 0 N–H and O–H groups in total. The summed E-state index contributed by atoms with van der Waals surface area (Å²) in [4.78, 5) is 26.2. The zero-order valence-electron chi connectivity index (χ0n) is 19.0. The lowest BCUT2D eigenvalue weighted by atomic mass is 9.93. The number of carbonyl (C=O) groups excluding carboxylic acids is 1. The van der Waals surface area contributed by atoms with E-state index in [1.165, 1.54) is 5.56 Å². The monoisotopic (exact) mass is 434 g/mol. The molecule has 1 amide bonds. The maximum Gasteiger partial charge on any atom is 0.410 e. The van der Waals surface area contributed by atoms with Crippen LogP contribution in [0.2, 0.25) is 0 Å². The van der Waals surface area contributed by atoms with Gasteiger partial charge in [0.1, 0.15) is 11.4 Å². The average molecular weight is 435 g/mol. The van der Waals surface area contributed by atoms with Crippen molar-refractivity contribution in [2.75, 3.05) is 31.1 Å². The zero-order chi connectivity index (χ0) is 22.3. The first-order valence-electron chi connectivity index (χ1n) is 11.4. The summed E-state index contributed by atoms with van der Waals surface area (Å²) in [6.45, 7) is 8.87. The molecule has 8 nitrogen and oxygen atoms in total. The predicted octanol–water partition coefficient (Wildman–Crippen LogP) is 3.14. The number of carbonyl (C=O) groups is 1. The molecule has 0 unspecified atom stereocenters. The molecule has 0 atom stereocenters. The molecule has 0 aromatic carbocycles. The third-order valence-corrected chi connectivity index (χ3v) is 6.07. The molecular weight excluding hydrogens is 404 g/mol. The summed E-state index contributed by atoms with van der Waals surface area (Å²) >= 11 is 0. The molecule has 3 aromatic heterocycles. The summed E-state index contributed by atoms with van der Waals surface area (Å²) in [5, 5.41) is 4.57. The number of nitrogens with zero attached hydrogens (tertiary/aromatic N) is 6. The molecule has 1 fully saturated rings. The van der Waals surface area contributed by atoms with Crippen molar-refractivity contribution in [2.45, 2.75) is 45.6 Å². The highest BCUT2D eigenvalue weighted by atomic mass is 16.6. The molecule has 0 saturated carbocycles. The van der Waals surface area contributed by atoms with Crippen molar-refractivity contribution in [1.82, 2.24) is 24.5 Å². The molecule has 32 heavy (non-hydrogen) atoms. The summed E-state index contributed by atoms with van der Waals surface area (Å²) in [6, 6.07) is 8.05. The van der Waals surface area contributed by atoms with Gasteiger partial charge in [0.15, 0.2) is 5.65 Å². The number of aromatic nitrogens is 4.